The second-order valence-corrected chi connectivity index (χ2v) is 15.4. The van der Waals surface area contributed by atoms with Gasteiger partial charge in [-0.05, 0) is 111 Å². The zero-order valence-electron chi connectivity index (χ0n) is 23.5. The molecular weight excluding hydrogens is 454 g/mol. The first-order valence-corrected chi connectivity index (χ1v) is 14.6. The van der Waals surface area contributed by atoms with Crippen LogP contribution in [0.15, 0.2) is 0 Å². The van der Waals surface area contributed by atoms with E-state index >= 15 is 0 Å². The van der Waals surface area contributed by atoms with Gasteiger partial charge in [0.05, 0.1) is 30.0 Å². The summed E-state index contributed by atoms with van der Waals surface area (Å²) >= 11 is 0. The van der Waals surface area contributed by atoms with Gasteiger partial charge in [0.1, 0.15) is 5.60 Å². The smallest absolute Gasteiger partial charge is 0.303 e. The molecule has 5 aliphatic carbocycles. The minimum absolute atomic E-state index is 0.0648. The van der Waals surface area contributed by atoms with Crippen molar-refractivity contribution in [2.75, 3.05) is 0 Å². The Morgan fingerprint density at radius 1 is 1.03 bits per heavy atom. The molecule has 0 aromatic carbocycles. The van der Waals surface area contributed by atoms with Crippen molar-refractivity contribution in [3.05, 3.63) is 0 Å². The molecule has 2 spiro atoms. The maximum absolute atomic E-state index is 12.1. The number of carbonyl (C=O) groups is 1. The lowest BCUT2D eigenvalue weighted by atomic mass is 9.43. The predicted octanol–water partition coefficient (Wildman–Crippen LogP) is 4.19. The Morgan fingerprint density at radius 2 is 1.67 bits per heavy atom. The van der Waals surface area contributed by atoms with Crippen LogP contribution in [0.3, 0.4) is 0 Å². The summed E-state index contributed by atoms with van der Waals surface area (Å²) in [6.07, 6.45) is 6.76. The van der Waals surface area contributed by atoms with Crippen LogP contribution in [0, 0.1) is 45.3 Å². The first-order chi connectivity index (χ1) is 16.6. The van der Waals surface area contributed by atoms with Crippen LogP contribution in [-0.4, -0.2) is 51.7 Å². The molecule has 6 heteroatoms. The van der Waals surface area contributed by atoms with Crippen molar-refractivity contribution in [2.24, 2.45) is 51.1 Å². The van der Waals surface area contributed by atoms with Crippen molar-refractivity contribution in [1.82, 2.24) is 0 Å². The Balaban J connectivity index is 1.35. The van der Waals surface area contributed by atoms with Gasteiger partial charge in [-0.3, -0.25) is 4.79 Å². The third-order valence-electron chi connectivity index (χ3n) is 13.4. The average molecular weight is 504 g/mol. The lowest BCUT2D eigenvalue weighted by Crippen LogP contribution is -2.70. The standard InChI is InChI=1S/C30H49NO5/c1-16-14-21(26(5,6)36-17(2)32)35-23-22(16)27(7)12-13-29-15-28(29)11-10-20(33)25(3,4)18(28)8-9-19(29)30(27,31)24(23)34/h16,18-24,33-34H,8-15,31H2,1-7H3/t16-,18+,19?,20?,21+,22+,23?,24+,27?,28?,29?,30+/m1/s1. The molecule has 0 bridgehead atoms. The zero-order chi connectivity index (χ0) is 26.3. The summed E-state index contributed by atoms with van der Waals surface area (Å²) in [5.74, 6) is 1.01. The molecule has 36 heavy (non-hydrogen) atoms. The highest BCUT2D eigenvalue weighted by molar-refractivity contribution is 5.66. The minimum Gasteiger partial charge on any atom is -0.457 e. The van der Waals surface area contributed by atoms with Crippen LogP contribution in [0.25, 0.3) is 0 Å². The number of aliphatic hydroxyl groups excluding tert-OH is 2. The monoisotopic (exact) mass is 503 g/mol. The molecule has 6 nitrogen and oxygen atoms in total. The quantitative estimate of drug-likeness (QED) is 0.488. The molecule has 0 aromatic rings. The summed E-state index contributed by atoms with van der Waals surface area (Å²) in [4.78, 5) is 11.8. The minimum atomic E-state index is -0.754. The highest BCUT2D eigenvalue weighted by atomic mass is 16.6. The Bertz CT molecular complexity index is 965. The molecule has 4 N–H and O–H groups in total. The molecule has 0 aromatic heterocycles. The summed E-state index contributed by atoms with van der Waals surface area (Å²) in [5.41, 5.74) is 6.37. The van der Waals surface area contributed by atoms with Crippen molar-refractivity contribution in [3.8, 4) is 0 Å². The van der Waals surface area contributed by atoms with E-state index in [0.717, 1.165) is 38.5 Å². The predicted molar refractivity (Wildman–Crippen MR) is 137 cm³/mol. The van der Waals surface area contributed by atoms with Crippen LogP contribution in [-0.2, 0) is 14.3 Å². The molecule has 6 aliphatic rings. The number of fused-ring (bicyclic) bond motifs is 4. The molecule has 0 amide bonds. The number of nitrogens with two attached hydrogens (primary N) is 1. The molecule has 5 saturated carbocycles. The van der Waals surface area contributed by atoms with Crippen molar-refractivity contribution in [2.45, 2.75) is 135 Å². The van der Waals surface area contributed by atoms with Gasteiger partial charge < -0.3 is 25.4 Å². The Morgan fingerprint density at radius 3 is 2.33 bits per heavy atom. The van der Waals surface area contributed by atoms with Crippen LogP contribution in [0.2, 0.25) is 0 Å². The van der Waals surface area contributed by atoms with E-state index < -0.39 is 17.2 Å². The third kappa shape index (κ3) is 2.76. The fourth-order valence-corrected chi connectivity index (χ4v) is 11.8. The van der Waals surface area contributed by atoms with Gasteiger partial charge in [0, 0.05) is 6.92 Å². The normalized spacial score (nSPS) is 56.9. The molecule has 12 atom stereocenters. The maximum atomic E-state index is 12.1. The topological polar surface area (TPSA) is 102 Å². The first kappa shape index (κ1) is 25.6. The van der Waals surface area contributed by atoms with Gasteiger partial charge in [0.25, 0.3) is 0 Å². The fourth-order valence-electron chi connectivity index (χ4n) is 11.8. The third-order valence-corrected chi connectivity index (χ3v) is 13.4. The average Bonchev–Trinajstić information content (AvgIpc) is 3.40. The fraction of sp³-hybridized carbons (Fsp3) is 0.967. The van der Waals surface area contributed by atoms with E-state index in [4.69, 9.17) is 15.2 Å². The maximum Gasteiger partial charge on any atom is 0.303 e. The summed E-state index contributed by atoms with van der Waals surface area (Å²) < 4.78 is 12.4. The second-order valence-electron chi connectivity index (χ2n) is 15.4. The highest BCUT2D eigenvalue weighted by Crippen LogP contribution is 2.87. The van der Waals surface area contributed by atoms with Crippen LogP contribution in [0.1, 0.15) is 99.8 Å². The largest absolute Gasteiger partial charge is 0.457 e. The molecule has 1 heterocycles. The first-order valence-electron chi connectivity index (χ1n) is 14.6. The SMILES string of the molecule is CC(=O)OC(C)(C)[C@@H]1C[C@@H](C)[C@H]2C(O1)[C@H](O)[C@@]1(N)C3CC[C@H]4C(C)(C)C(O)CCC45CC35CCC21C. The van der Waals surface area contributed by atoms with E-state index in [0.29, 0.717) is 11.8 Å². The van der Waals surface area contributed by atoms with Gasteiger partial charge in [0.15, 0.2) is 0 Å². The van der Waals surface area contributed by atoms with E-state index in [1.807, 2.05) is 13.8 Å². The van der Waals surface area contributed by atoms with Crippen molar-refractivity contribution >= 4 is 5.97 Å². The van der Waals surface area contributed by atoms with E-state index in [1.54, 1.807) is 0 Å². The number of hydrogen-bond acceptors (Lipinski definition) is 6. The summed E-state index contributed by atoms with van der Waals surface area (Å²) in [7, 11) is 0. The van der Waals surface area contributed by atoms with Gasteiger partial charge >= 0.3 is 5.97 Å². The van der Waals surface area contributed by atoms with E-state index in [-0.39, 0.29) is 57.8 Å². The molecule has 0 radical (unpaired) electrons. The Kier molecular flexibility index (Phi) is 5.17. The van der Waals surface area contributed by atoms with Crippen LogP contribution < -0.4 is 5.73 Å². The molecule has 6 rings (SSSR count). The lowest BCUT2D eigenvalue weighted by molar-refractivity contribution is -0.210. The summed E-state index contributed by atoms with van der Waals surface area (Å²) in [5, 5.41) is 23.0. The summed E-state index contributed by atoms with van der Waals surface area (Å²) in [6, 6.07) is 0. The van der Waals surface area contributed by atoms with Crippen LogP contribution in [0.5, 0.6) is 0 Å². The number of ether oxygens (including phenoxy) is 2. The van der Waals surface area contributed by atoms with E-state index in [1.165, 1.54) is 19.8 Å². The van der Waals surface area contributed by atoms with Crippen molar-refractivity contribution < 1.29 is 24.5 Å². The number of carbonyl (C=O) groups excluding carboxylic acids is 1. The van der Waals surface area contributed by atoms with E-state index in [2.05, 4.69) is 27.7 Å². The number of rotatable bonds is 2. The highest BCUT2D eigenvalue weighted by Gasteiger charge is 2.85. The van der Waals surface area contributed by atoms with Gasteiger partial charge in [-0.25, -0.2) is 0 Å². The zero-order valence-corrected chi connectivity index (χ0v) is 23.5. The molecule has 1 saturated heterocycles. The van der Waals surface area contributed by atoms with Gasteiger partial charge in [0.2, 0.25) is 0 Å². The van der Waals surface area contributed by atoms with Crippen LogP contribution >= 0.6 is 0 Å². The number of esters is 1. The van der Waals surface area contributed by atoms with Crippen LogP contribution in [0.4, 0.5) is 0 Å². The molecule has 6 unspecified atom stereocenters. The Hall–Kier alpha value is -0.690. The second kappa shape index (κ2) is 7.28. The Labute approximate surface area is 217 Å². The molecule has 204 valence electrons. The van der Waals surface area contributed by atoms with E-state index in [9.17, 15) is 15.0 Å². The van der Waals surface area contributed by atoms with Gasteiger partial charge in [-0.2, -0.15) is 0 Å². The molecular formula is C30H49NO5. The molecule has 1 aliphatic heterocycles. The van der Waals surface area contributed by atoms with Crippen molar-refractivity contribution in [1.29, 1.82) is 0 Å². The lowest BCUT2D eigenvalue weighted by Gasteiger charge is -2.63. The van der Waals surface area contributed by atoms with Gasteiger partial charge in [-0.15, -0.1) is 0 Å². The van der Waals surface area contributed by atoms with Gasteiger partial charge in [-0.1, -0.05) is 27.7 Å². The summed E-state index contributed by atoms with van der Waals surface area (Å²) in [6.45, 7) is 14.5. The van der Waals surface area contributed by atoms with Crippen molar-refractivity contribution in [3.63, 3.8) is 0 Å². The molecule has 6 fully saturated rings. The number of hydrogen-bond donors (Lipinski definition) is 3. The number of aliphatic hydroxyl groups is 2.